The van der Waals surface area contributed by atoms with Crippen molar-refractivity contribution in [1.82, 2.24) is 4.98 Å². The van der Waals surface area contributed by atoms with Gasteiger partial charge in [0, 0.05) is 17.8 Å². The predicted octanol–water partition coefficient (Wildman–Crippen LogP) is 1.78. The molecule has 0 aliphatic rings. The molecule has 1 aromatic carbocycles. The van der Waals surface area contributed by atoms with Crippen molar-refractivity contribution in [2.24, 2.45) is 5.73 Å². The minimum Gasteiger partial charge on any atom is -0.481 e. The van der Waals surface area contributed by atoms with Crippen LogP contribution in [0.5, 0.6) is 5.88 Å². The van der Waals surface area contributed by atoms with E-state index in [0.29, 0.717) is 17.9 Å². The monoisotopic (exact) mass is 242 g/mol. The average Bonchev–Trinajstić information content (AvgIpc) is 2.40. The summed E-state index contributed by atoms with van der Waals surface area (Å²) in [4.78, 5) is 15.4. The molecule has 0 aliphatic heterocycles. The lowest BCUT2D eigenvalue weighted by Gasteiger charge is -2.06. The molecule has 18 heavy (non-hydrogen) atoms. The lowest BCUT2D eigenvalue weighted by molar-refractivity contribution is 0.0999. The molecule has 0 spiro atoms. The second kappa shape index (κ2) is 5.31. The van der Waals surface area contributed by atoms with Crippen molar-refractivity contribution >= 4 is 5.91 Å². The zero-order valence-corrected chi connectivity index (χ0v) is 10.1. The zero-order chi connectivity index (χ0) is 13.0. The summed E-state index contributed by atoms with van der Waals surface area (Å²) in [5, 5.41) is 0. The Balaban J connectivity index is 2.25. The molecule has 4 nitrogen and oxygen atoms in total. The number of carbonyl (C=O) groups is 1. The topological polar surface area (TPSA) is 65.2 Å². The Bertz CT molecular complexity index is 550. The van der Waals surface area contributed by atoms with Gasteiger partial charge in [-0.05, 0) is 23.6 Å². The normalized spacial score (nSPS) is 10.1. The quantitative estimate of drug-likeness (QED) is 0.888. The van der Waals surface area contributed by atoms with E-state index in [1.54, 1.807) is 31.5 Å². The third-order valence-corrected chi connectivity index (χ3v) is 2.68. The van der Waals surface area contributed by atoms with Crippen LogP contribution in [0.15, 0.2) is 42.6 Å². The van der Waals surface area contributed by atoms with Gasteiger partial charge in [0.15, 0.2) is 0 Å². The summed E-state index contributed by atoms with van der Waals surface area (Å²) in [7, 11) is 1.57. The van der Waals surface area contributed by atoms with Gasteiger partial charge in [0.05, 0.1) is 7.11 Å². The van der Waals surface area contributed by atoms with Gasteiger partial charge in [-0.15, -0.1) is 0 Å². The van der Waals surface area contributed by atoms with Gasteiger partial charge in [0.1, 0.15) is 0 Å². The lowest BCUT2D eigenvalue weighted by atomic mass is 10.0. The molecule has 0 atom stereocenters. The number of aromatic nitrogens is 1. The maximum atomic E-state index is 11.3. The van der Waals surface area contributed by atoms with Gasteiger partial charge in [-0.1, -0.05) is 24.3 Å². The smallest absolute Gasteiger partial charge is 0.248 e. The molecule has 0 radical (unpaired) electrons. The van der Waals surface area contributed by atoms with Gasteiger partial charge in [-0.25, -0.2) is 4.98 Å². The fraction of sp³-hybridized carbons (Fsp3) is 0.143. The summed E-state index contributed by atoms with van der Waals surface area (Å²) in [6.07, 6.45) is 2.35. The third-order valence-electron chi connectivity index (χ3n) is 2.68. The molecule has 1 aromatic heterocycles. The van der Waals surface area contributed by atoms with Crippen molar-refractivity contribution in [2.45, 2.75) is 6.42 Å². The van der Waals surface area contributed by atoms with Gasteiger partial charge in [0.25, 0.3) is 0 Å². The molecule has 92 valence electrons. The first-order chi connectivity index (χ1) is 8.70. The molecular formula is C14H14N2O2. The number of ether oxygens (including phenoxy) is 1. The van der Waals surface area contributed by atoms with E-state index >= 15 is 0 Å². The Labute approximate surface area is 105 Å². The molecule has 0 saturated carbocycles. The summed E-state index contributed by atoms with van der Waals surface area (Å²) in [5.74, 6) is 0.161. The van der Waals surface area contributed by atoms with Crippen LogP contribution in [0, 0.1) is 0 Å². The summed E-state index contributed by atoms with van der Waals surface area (Å²) >= 11 is 0. The van der Waals surface area contributed by atoms with E-state index in [2.05, 4.69) is 4.98 Å². The van der Waals surface area contributed by atoms with E-state index in [-0.39, 0.29) is 0 Å². The third kappa shape index (κ3) is 2.66. The van der Waals surface area contributed by atoms with Crippen LogP contribution in [0.1, 0.15) is 21.5 Å². The Morgan fingerprint density at radius 3 is 2.67 bits per heavy atom. The van der Waals surface area contributed by atoms with Crippen molar-refractivity contribution in [1.29, 1.82) is 0 Å². The van der Waals surface area contributed by atoms with Crippen LogP contribution in [-0.4, -0.2) is 18.0 Å². The van der Waals surface area contributed by atoms with Crippen LogP contribution in [0.4, 0.5) is 0 Å². The first-order valence-corrected chi connectivity index (χ1v) is 5.57. The standard InChI is InChI=1S/C14H14N2O2/c1-18-13-7-6-10(9-16-13)8-11-4-2-3-5-12(11)14(15)17/h2-7,9H,8H2,1H3,(H2,15,17). The fourth-order valence-corrected chi connectivity index (χ4v) is 1.77. The molecule has 1 amide bonds. The highest BCUT2D eigenvalue weighted by molar-refractivity contribution is 5.94. The Morgan fingerprint density at radius 2 is 2.06 bits per heavy atom. The van der Waals surface area contributed by atoms with Crippen LogP contribution < -0.4 is 10.5 Å². The molecule has 0 fully saturated rings. The molecule has 4 heteroatoms. The Hall–Kier alpha value is -2.36. The predicted molar refractivity (Wildman–Crippen MR) is 68.6 cm³/mol. The number of nitrogens with two attached hydrogens (primary N) is 1. The lowest BCUT2D eigenvalue weighted by Crippen LogP contribution is -2.13. The number of amides is 1. The number of benzene rings is 1. The van der Waals surface area contributed by atoms with Gasteiger partial charge >= 0.3 is 0 Å². The minimum atomic E-state index is -0.410. The van der Waals surface area contributed by atoms with Crippen molar-refractivity contribution in [2.75, 3.05) is 7.11 Å². The Morgan fingerprint density at radius 1 is 1.28 bits per heavy atom. The van der Waals surface area contributed by atoms with Crippen LogP contribution in [0.2, 0.25) is 0 Å². The maximum Gasteiger partial charge on any atom is 0.248 e. The summed E-state index contributed by atoms with van der Waals surface area (Å²) < 4.78 is 5.00. The maximum absolute atomic E-state index is 11.3. The van der Waals surface area contributed by atoms with E-state index in [1.807, 2.05) is 18.2 Å². The van der Waals surface area contributed by atoms with E-state index in [0.717, 1.165) is 11.1 Å². The van der Waals surface area contributed by atoms with E-state index in [4.69, 9.17) is 10.5 Å². The van der Waals surface area contributed by atoms with Crippen molar-refractivity contribution < 1.29 is 9.53 Å². The number of methoxy groups -OCH3 is 1. The van der Waals surface area contributed by atoms with Crippen molar-refractivity contribution in [3.8, 4) is 5.88 Å². The number of pyridine rings is 1. The Kier molecular flexibility index (Phi) is 3.57. The van der Waals surface area contributed by atoms with Crippen LogP contribution in [0.3, 0.4) is 0 Å². The van der Waals surface area contributed by atoms with Crippen molar-refractivity contribution in [3.63, 3.8) is 0 Å². The number of hydrogen-bond acceptors (Lipinski definition) is 3. The highest BCUT2D eigenvalue weighted by atomic mass is 16.5. The summed E-state index contributed by atoms with van der Waals surface area (Å²) in [6.45, 7) is 0. The molecule has 2 rings (SSSR count). The largest absolute Gasteiger partial charge is 0.481 e. The molecule has 2 N–H and O–H groups in total. The molecule has 0 unspecified atom stereocenters. The summed E-state index contributed by atoms with van der Waals surface area (Å²) in [6, 6.07) is 11.0. The van der Waals surface area contributed by atoms with Gasteiger partial charge < -0.3 is 10.5 Å². The second-order valence-corrected chi connectivity index (χ2v) is 3.91. The SMILES string of the molecule is COc1ccc(Cc2ccccc2C(N)=O)cn1. The average molecular weight is 242 g/mol. The molecule has 0 saturated heterocycles. The molecular weight excluding hydrogens is 228 g/mol. The number of nitrogens with zero attached hydrogens (tertiary/aromatic N) is 1. The minimum absolute atomic E-state index is 0.410. The van der Waals surface area contributed by atoms with Gasteiger partial charge in [-0.3, -0.25) is 4.79 Å². The number of rotatable bonds is 4. The van der Waals surface area contributed by atoms with Crippen LogP contribution >= 0.6 is 0 Å². The van der Waals surface area contributed by atoms with Crippen LogP contribution in [-0.2, 0) is 6.42 Å². The van der Waals surface area contributed by atoms with E-state index in [9.17, 15) is 4.79 Å². The van der Waals surface area contributed by atoms with Crippen molar-refractivity contribution in [3.05, 3.63) is 59.3 Å². The second-order valence-electron chi connectivity index (χ2n) is 3.91. The highest BCUT2D eigenvalue weighted by Gasteiger charge is 2.07. The molecule has 2 aromatic rings. The molecule has 1 heterocycles. The van der Waals surface area contributed by atoms with Crippen LogP contribution in [0.25, 0.3) is 0 Å². The highest BCUT2D eigenvalue weighted by Crippen LogP contribution is 2.15. The molecule has 0 bridgehead atoms. The number of hydrogen-bond donors (Lipinski definition) is 1. The first kappa shape index (κ1) is 12.1. The summed E-state index contributed by atoms with van der Waals surface area (Å²) in [5.41, 5.74) is 7.79. The van der Waals surface area contributed by atoms with Gasteiger partial charge in [-0.2, -0.15) is 0 Å². The number of primary amides is 1. The fourth-order valence-electron chi connectivity index (χ4n) is 1.77. The first-order valence-electron chi connectivity index (χ1n) is 5.57. The van der Waals surface area contributed by atoms with E-state index in [1.165, 1.54) is 0 Å². The van der Waals surface area contributed by atoms with Gasteiger partial charge in [0.2, 0.25) is 11.8 Å². The number of carbonyl (C=O) groups excluding carboxylic acids is 1. The zero-order valence-electron chi connectivity index (χ0n) is 10.1. The molecule has 0 aliphatic carbocycles. The van der Waals surface area contributed by atoms with E-state index < -0.39 is 5.91 Å².